The van der Waals surface area contributed by atoms with E-state index >= 15 is 0 Å². The lowest BCUT2D eigenvalue weighted by Gasteiger charge is -2.13. The molecule has 130 valence electrons. The van der Waals surface area contributed by atoms with Crippen LogP contribution in [-0.4, -0.2) is 41.4 Å². The van der Waals surface area contributed by atoms with Gasteiger partial charge in [0.25, 0.3) is 5.91 Å². The van der Waals surface area contributed by atoms with E-state index in [0.717, 1.165) is 5.56 Å². The molecule has 0 aliphatic carbocycles. The molecule has 1 aromatic rings. The maximum atomic E-state index is 12.4. The van der Waals surface area contributed by atoms with Crippen LogP contribution in [0.25, 0.3) is 6.08 Å². The standard InChI is InChI=1S/C16H17NO4S2.ClH/c1-3-21-14(18)8-9-17-15(19)13(23-16(17)22)10-11-6-4-5-7-12(11)20-2;/h4-7,10H,3,8-9H2,1-2H3;1H/b13-10+;. The largest absolute Gasteiger partial charge is 0.496 e. The zero-order valence-electron chi connectivity index (χ0n) is 13.3. The second kappa shape index (κ2) is 9.66. The highest BCUT2D eigenvalue weighted by molar-refractivity contribution is 8.26. The maximum absolute atomic E-state index is 12.4. The van der Waals surface area contributed by atoms with Crippen LogP contribution >= 0.6 is 36.4 Å². The second-order valence-electron chi connectivity index (χ2n) is 4.63. The zero-order chi connectivity index (χ0) is 16.8. The Morgan fingerprint density at radius 3 is 2.75 bits per heavy atom. The molecule has 1 saturated heterocycles. The summed E-state index contributed by atoms with van der Waals surface area (Å²) in [5.74, 6) is 0.148. The Morgan fingerprint density at radius 1 is 1.38 bits per heavy atom. The third-order valence-electron chi connectivity index (χ3n) is 3.14. The molecule has 1 aromatic carbocycles. The lowest BCUT2D eigenvalue weighted by molar-refractivity contribution is -0.143. The summed E-state index contributed by atoms with van der Waals surface area (Å²) in [6.07, 6.45) is 1.88. The molecule has 1 aliphatic rings. The Hall–Kier alpha value is -1.57. The average Bonchev–Trinajstić information content (AvgIpc) is 2.80. The average molecular weight is 388 g/mol. The summed E-state index contributed by atoms with van der Waals surface area (Å²) >= 11 is 6.45. The van der Waals surface area contributed by atoms with Crippen LogP contribution in [0.4, 0.5) is 0 Å². The molecule has 0 spiro atoms. The van der Waals surface area contributed by atoms with Crippen LogP contribution in [0, 0.1) is 0 Å². The highest BCUT2D eigenvalue weighted by Crippen LogP contribution is 2.34. The molecular formula is C16H18ClNO4S2. The molecule has 1 fully saturated rings. The number of amides is 1. The first-order valence-electron chi connectivity index (χ1n) is 7.10. The van der Waals surface area contributed by atoms with Crippen LogP contribution < -0.4 is 4.74 Å². The fourth-order valence-electron chi connectivity index (χ4n) is 2.06. The Kier molecular flexibility index (Phi) is 8.24. The highest BCUT2D eigenvalue weighted by Gasteiger charge is 2.32. The van der Waals surface area contributed by atoms with E-state index in [1.54, 1.807) is 20.1 Å². The van der Waals surface area contributed by atoms with Crippen molar-refractivity contribution in [2.75, 3.05) is 20.3 Å². The number of rotatable bonds is 6. The van der Waals surface area contributed by atoms with Gasteiger partial charge < -0.3 is 9.47 Å². The van der Waals surface area contributed by atoms with Gasteiger partial charge in [-0.15, -0.1) is 12.4 Å². The van der Waals surface area contributed by atoms with Crippen molar-refractivity contribution < 1.29 is 19.1 Å². The molecule has 5 nitrogen and oxygen atoms in total. The molecule has 0 unspecified atom stereocenters. The van der Waals surface area contributed by atoms with Crippen molar-refractivity contribution in [2.24, 2.45) is 0 Å². The first kappa shape index (κ1) is 20.5. The Morgan fingerprint density at radius 2 is 2.08 bits per heavy atom. The number of hydrogen-bond donors (Lipinski definition) is 0. The summed E-state index contributed by atoms with van der Waals surface area (Å²) in [7, 11) is 1.58. The first-order chi connectivity index (χ1) is 11.1. The lowest BCUT2D eigenvalue weighted by Crippen LogP contribution is -2.30. The summed E-state index contributed by atoms with van der Waals surface area (Å²) in [5, 5.41) is 0. The van der Waals surface area contributed by atoms with Crippen LogP contribution in [0.15, 0.2) is 29.2 Å². The summed E-state index contributed by atoms with van der Waals surface area (Å²) in [4.78, 5) is 25.8. The monoisotopic (exact) mass is 387 g/mol. The van der Waals surface area contributed by atoms with Crippen molar-refractivity contribution in [1.29, 1.82) is 0 Å². The number of thioether (sulfide) groups is 1. The Labute approximate surface area is 156 Å². The van der Waals surface area contributed by atoms with Gasteiger partial charge in [-0.1, -0.05) is 42.2 Å². The minimum absolute atomic E-state index is 0. The Bertz CT molecular complexity index is 663. The highest BCUT2D eigenvalue weighted by atomic mass is 35.5. The lowest BCUT2D eigenvalue weighted by atomic mass is 10.2. The molecule has 2 rings (SSSR count). The van der Waals surface area contributed by atoms with Crippen LogP contribution in [-0.2, 0) is 14.3 Å². The van der Waals surface area contributed by atoms with E-state index in [4.69, 9.17) is 21.7 Å². The van der Waals surface area contributed by atoms with Gasteiger partial charge in [0.15, 0.2) is 0 Å². The van der Waals surface area contributed by atoms with Crippen LogP contribution in [0.2, 0.25) is 0 Å². The summed E-state index contributed by atoms with van der Waals surface area (Å²) in [6, 6.07) is 7.42. The number of methoxy groups -OCH3 is 1. The third-order valence-corrected chi connectivity index (χ3v) is 4.52. The molecule has 0 atom stereocenters. The predicted octanol–water partition coefficient (Wildman–Crippen LogP) is 3.27. The number of benzene rings is 1. The van der Waals surface area contributed by atoms with Crippen LogP contribution in [0.1, 0.15) is 18.9 Å². The van der Waals surface area contributed by atoms with Gasteiger partial charge in [-0.05, 0) is 19.1 Å². The van der Waals surface area contributed by atoms with Gasteiger partial charge in [-0.25, -0.2) is 0 Å². The van der Waals surface area contributed by atoms with Crippen molar-refractivity contribution in [3.05, 3.63) is 34.7 Å². The third kappa shape index (κ3) is 4.96. The van der Waals surface area contributed by atoms with Gasteiger partial charge in [0.2, 0.25) is 0 Å². The number of para-hydroxylation sites is 1. The number of carbonyl (C=O) groups excluding carboxylic acids is 2. The molecule has 0 bridgehead atoms. The molecule has 8 heteroatoms. The quantitative estimate of drug-likeness (QED) is 0.424. The van der Waals surface area contributed by atoms with E-state index in [1.165, 1.54) is 16.7 Å². The topological polar surface area (TPSA) is 55.8 Å². The van der Waals surface area contributed by atoms with E-state index in [1.807, 2.05) is 24.3 Å². The van der Waals surface area contributed by atoms with Crippen molar-refractivity contribution in [3.8, 4) is 5.75 Å². The number of thiocarbonyl (C=S) groups is 1. The molecule has 1 heterocycles. The van der Waals surface area contributed by atoms with Gasteiger partial charge in [-0.2, -0.15) is 0 Å². The fraction of sp³-hybridized carbons (Fsp3) is 0.312. The minimum Gasteiger partial charge on any atom is -0.496 e. The molecular weight excluding hydrogens is 370 g/mol. The second-order valence-corrected chi connectivity index (χ2v) is 6.31. The van der Waals surface area contributed by atoms with Gasteiger partial charge >= 0.3 is 5.97 Å². The molecule has 24 heavy (non-hydrogen) atoms. The van der Waals surface area contributed by atoms with Gasteiger partial charge in [0.1, 0.15) is 10.1 Å². The van der Waals surface area contributed by atoms with Gasteiger partial charge in [-0.3, -0.25) is 14.5 Å². The van der Waals surface area contributed by atoms with Gasteiger partial charge in [0, 0.05) is 12.1 Å². The summed E-state index contributed by atoms with van der Waals surface area (Å²) in [5.41, 5.74) is 0.806. The van der Waals surface area contributed by atoms with E-state index in [0.29, 0.717) is 21.6 Å². The number of hydrogen-bond acceptors (Lipinski definition) is 6. The van der Waals surface area contributed by atoms with E-state index in [2.05, 4.69) is 0 Å². The smallest absolute Gasteiger partial charge is 0.307 e. The first-order valence-corrected chi connectivity index (χ1v) is 8.33. The molecule has 1 amide bonds. The van der Waals surface area contributed by atoms with Crippen molar-refractivity contribution >= 4 is 58.7 Å². The normalized spacial score (nSPS) is 15.4. The SMILES string of the molecule is CCOC(=O)CCN1C(=O)/C(=C\c2ccccc2OC)SC1=S.Cl. The number of carbonyl (C=O) groups is 2. The summed E-state index contributed by atoms with van der Waals surface area (Å²) in [6.45, 7) is 2.30. The van der Waals surface area contributed by atoms with Gasteiger partial charge in [0.05, 0.1) is 25.0 Å². The molecule has 1 aliphatic heterocycles. The zero-order valence-corrected chi connectivity index (χ0v) is 15.8. The molecule has 0 radical (unpaired) electrons. The van der Waals surface area contributed by atoms with E-state index in [9.17, 15) is 9.59 Å². The van der Waals surface area contributed by atoms with E-state index in [-0.39, 0.29) is 37.2 Å². The predicted molar refractivity (Wildman–Crippen MR) is 101 cm³/mol. The van der Waals surface area contributed by atoms with Crippen molar-refractivity contribution in [1.82, 2.24) is 4.90 Å². The Balaban J connectivity index is 0.00000288. The molecule has 0 saturated carbocycles. The number of halogens is 1. The number of esters is 1. The summed E-state index contributed by atoms with van der Waals surface area (Å²) < 4.78 is 10.6. The fourth-order valence-corrected chi connectivity index (χ4v) is 3.36. The number of ether oxygens (including phenoxy) is 2. The van der Waals surface area contributed by atoms with Crippen molar-refractivity contribution in [3.63, 3.8) is 0 Å². The van der Waals surface area contributed by atoms with Crippen LogP contribution in [0.5, 0.6) is 5.75 Å². The number of nitrogens with zero attached hydrogens (tertiary/aromatic N) is 1. The molecule has 0 N–H and O–H groups in total. The van der Waals surface area contributed by atoms with E-state index < -0.39 is 0 Å². The van der Waals surface area contributed by atoms with Crippen LogP contribution in [0.3, 0.4) is 0 Å². The molecule has 0 aromatic heterocycles. The minimum atomic E-state index is -0.338. The maximum Gasteiger partial charge on any atom is 0.307 e. The van der Waals surface area contributed by atoms with Crippen molar-refractivity contribution in [2.45, 2.75) is 13.3 Å².